The van der Waals surface area contributed by atoms with E-state index in [1.165, 1.54) is 28.6 Å². The van der Waals surface area contributed by atoms with E-state index in [2.05, 4.69) is 10.1 Å². The molecule has 0 aliphatic carbocycles. The van der Waals surface area contributed by atoms with Crippen LogP contribution in [0.5, 0.6) is 0 Å². The highest BCUT2D eigenvalue weighted by molar-refractivity contribution is 7.89. The normalized spacial score (nSPS) is 17.1. The van der Waals surface area contributed by atoms with Crippen molar-refractivity contribution in [1.29, 1.82) is 0 Å². The Morgan fingerprint density at radius 3 is 2.32 bits per heavy atom. The van der Waals surface area contributed by atoms with Crippen molar-refractivity contribution in [3.8, 4) is 0 Å². The first-order chi connectivity index (χ1) is 13.4. The number of rotatable bonds is 7. The molecule has 2 N–H and O–H groups in total. The third-order valence-electron chi connectivity index (χ3n) is 4.49. The number of hydrogen-bond acceptors (Lipinski definition) is 6. The van der Waals surface area contributed by atoms with E-state index in [0.29, 0.717) is 18.7 Å². The molecule has 1 aliphatic heterocycles. The molecule has 1 aromatic carbocycles. The fourth-order valence-electron chi connectivity index (χ4n) is 2.90. The van der Waals surface area contributed by atoms with Crippen molar-refractivity contribution in [2.75, 3.05) is 26.8 Å². The molecule has 1 saturated heterocycles. The van der Waals surface area contributed by atoms with Gasteiger partial charge in [0.2, 0.25) is 15.9 Å². The molecular weight excluding hydrogens is 384 g/mol. The number of benzene rings is 1. The molecule has 1 heterocycles. The second kappa shape index (κ2) is 10.4. The fourth-order valence-corrected chi connectivity index (χ4v) is 4.41. The Morgan fingerprint density at radius 2 is 1.79 bits per heavy atom. The number of methoxy groups -OCH3 is 1. The van der Waals surface area contributed by atoms with Crippen LogP contribution in [0.4, 0.5) is 0 Å². The molecule has 8 nitrogen and oxygen atoms in total. The van der Waals surface area contributed by atoms with Gasteiger partial charge in [-0.05, 0) is 36.6 Å². The molecule has 0 unspecified atom stereocenters. The summed E-state index contributed by atoms with van der Waals surface area (Å²) in [6, 6.07) is 5.12. The minimum atomic E-state index is -3.51. The van der Waals surface area contributed by atoms with E-state index in [1.54, 1.807) is 12.1 Å². The smallest absolute Gasteiger partial charge is 0.330 e. The van der Waals surface area contributed by atoms with Gasteiger partial charge in [-0.25, -0.2) is 13.2 Å². The fraction of sp³-hybridized carbons (Fsp3) is 0.474. The molecule has 1 amide bonds. The van der Waals surface area contributed by atoms with Crippen molar-refractivity contribution in [1.82, 2.24) is 9.62 Å². The first kappa shape index (κ1) is 22.1. The summed E-state index contributed by atoms with van der Waals surface area (Å²) in [5.41, 5.74) is 0.628. The van der Waals surface area contributed by atoms with Gasteiger partial charge in [0.1, 0.15) is 0 Å². The largest absolute Gasteiger partial charge is 0.467 e. The number of hydrogen-bond donors (Lipinski definition) is 2. The third-order valence-corrected chi connectivity index (χ3v) is 6.41. The van der Waals surface area contributed by atoms with Crippen molar-refractivity contribution in [2.24, 2.45) is 0 Å². The van der Waals surface area contributed by atoms with Gasteiger partial charge in [0.25, 0.3) is 0 Å². The molecule has 28 heavy (non-hydrogen) atoms. The molecule has 9 heteroatoms. The van der Waals surface area contributed by atoms with Crippen LogP contribution in [-0.2, 0) is 24.3 Å². The number of carbonyl (C=O) groups is 2. The molecule has 0 aromatic heterocycles. The maximum atomic E-state index is 12.7. The third kappa shape index (κ3) is 5.88. The van der Waals surface area contributed by atoms with Crippen molar-refractivity contribution in [2.45, 2.75) is 36.6 Å². The van der Waals surface area contributed by atoms with Crippen molar-refractivity contribution in [3.05, 3.63) is 35.9 Å². The van der Waals surface area contributed by atoms with E-state index in [-0.39, 0.29) is 4.90 Å². The van der Waals surface area contributed by atoms with Crippen LogP contribution in [0.2, 0.25) is 0 Å². The lowest BCUT2D eigenvalue weighted by molar-refractivity contribution is -0.145. The predicted octanol–water partition coefficient (Wildman–Crippen LogP) is 0.915. The molecule has 1 fully saturated rings. The molecule has 0 radical (unpaired) electrons. The average molecular weight is 410 g/mol. The van der Waals surface area contributed by atoms with Gasteiger partial charge in [-0.3, -0.25) is 4.79 Å². The van der Waals surface area contributed by atoms with Crippen LogP contribution < -0.4 is 5.32 Å². The van der Waals surface area contributed by atoms with E-state index in [9.17, 15) is 18.0 Å². The number of esters is 1. The molecule has 0 spiro atoms. The van der Waals surface area contributed by atoms with Crippen LogP contribution in [0.1, 0.15) is 31.2 Å². The highest BCUT2D eigenvalue weighted by Gasteiger charge is 2.24. The van der Waals surface area contributed by atoms with Gasteiger partial charge in [0.05, 0.1) is 18.6 Å². The molecule has 0 bridgehead atoms. The summed E-state index contributed by atoms with van der Waals surface area (Å²) in [7, 11) is -2.35. The zero-order valence-electron chi connectivity index (χ0n) is 15.8. The van der Waals surface area contributed by atoms with Gasteiger partial charge < -0.3 is 15.2 Å². The Balaban J connectivity index is 2.02. The van der Waals surface area contributed by atoms with E-state index in [1.807, 2.05) is 0 Å². The van der Waals surface area contributed by atoms with Crippen LogP contribution in [0.15, 0.2) is 35.2 Å². The number of nitrogens with zero attached hydrogens (tertiary/aromatic N) is 1. The standard InChI is InChI=1S/C19H26N2O6S/c1-27-19(24)17(14-22)20-18(23)11-8-15-6-9-16(10-7-15)28(25,26)21-12-4-2-3-5-13-21/h6-11,17,22H,2-5,12-14H2,1H3,(H,20,23)/b11-8+/t17-/m0/s1. The summed E-state index contributed by atoms with van der Waals surface area (Å²) in [5, 5.41) is 11.4. The Bertz CT molecular complexity index is 796. The molecule has 2 rings (SSSR count). The molecule has 1 atom stereocenters. The lowest BCUT2D eigenvalue weighted by atomic mass is 10.2. The summed E-state index contributed by atoms with van der Waals surface area (Å²) >= 11 is 0. The Labute approximate surface area is 165 Å². The number of ether oxygens (including phenoxy) is 1. The second-order valence-corrected chi connectivity index (χ2v) is 8.43. The minimum absolute atomic E-state index is 0.224. The van der Waals surface area contributed by atoms with Gasteiger partial charge in [-0.15, -0.1) is 0 Å². The second-order valence-electron chi connectivity index (χ2n) is 6.49. The van der Waals surface area contributed by atoms with Crippen LogP contribution in [0.3, 0.4) is 0 Å². The summed E-state index contributed by atoms with van der Waals surface area (Å²) in [6.45, 7) is 0.502. The SMILES string of the molecule is COC(=O)[C@H](CO)NC(=O)/C=C/c1ccc(S(=O)(=O)N2CCCCCC2)cc1. The van der Waals surface area contributed by atoms with Gasteiger partial charge in [0, 0.05) is 19.2 Å². The van der Waals surface area contributed by atoms with E-state index in [0.717, 1.165) is 32.8 Å². The number of nitrogens with one attached hydrogen (secondary N) is 1. The van der Waals surface area contributed by atoms with Gasteiger partial charge in [-0.1, -0.05) is 25.0 Å². The molecule has 154 valence electrons. The number of sulfonamides is 1. The quantitative estimate of drug-likeness (QED) is 0.510. The molecular formula is C19H26N2O6S. The number of aliphatic hydroxyl groups is 1. The van der Waals surface area contributed by atoms with Crippen LogP contribution >= 0.6 is 0 Å². The highest BCUT2D eigenvalue weighted by atomic mass is 32.2. The Morgan fingerprint density at radius 1 is 1.18 bits per heavy atom. The van der Waals surface area contributed by atoms with Crippen LogP contribution in [0, 0.1) is 0 Å². The van der Waals surface area contributed by atoms with Gasteiger partial charge >= 0.3 is 5.97 Å². The average Bonchev–Trinajstić information content (AvgIpc) is 3.00. The zero-order chi connectivity index (χ0) is 20.6. The first-order valence-corrected chi connectivity index (χ1v) is 10.6. The zero-order valence-corrected chi connectivity index (χ0v) is 16.7. The lowest BCUT2D eigenvalue weighted by Gasteiger charge is -2.19. The maximum absolute atomic E-state index is 12.7. The van der Waals surface area contributed by atoms with Gasteiger partial charge in [0.15, 0.2) is 6.04 Å². The van der Waals surface area contributed by atoms with E-state index >= 15 is 0 Å². The topological polar surface area (TPSA) is 113 Å². The summed E-state index contributed by atoms with van der Waals surface area (Å²) < 4.78 is 31.5. The number of aliphatic hydroxyl groups excluding tert-OH is 1. The van der Waals surface area contributed by atoms with Crippen LogP contribution in [-0.4, -0.2) is 62.6 Å². The summed E-state index contributed by atoms with van der Waals surface area (Å²) in [4.78, 5) is 23.4. The molecule has 0 saturated carbocycles. The maximum Gasteiger partial charge on any atom is 0.330 e. The molecule has 1 aromatic rings. The Hall–Kier alpha value is -2.23. The van der Waals surface area contributed by atoms with Crippen molar-refractivity contribution >= 4 is 28.0 Å². The summed E-state index contributed by atoms with van der Waals surface area (Å²) in [5.74, 6) is -1.32. The van der Waals surface area contributed by atoms with E-state index in [4.69, 9.17) is 5.11 Å². The Kier molecular flexibility index (Phi) is 8.16. The number of amides is 1. The lowest BCUT2D eigenvalue weighted by Crippen LogP contribution is -2.43. The van der Waals surface area contributed by atoms with Crippen LogP contribution in [0.25, 0.3) is 6.08 Å². The van der Waals surface area contributed by atoms with Crippen molar-refractivity contribution in [3.63, 3.8) is 0 Å². The van der Waals surface area contributed by atoms with Crippen molar-refractivity contribution < 1.29 is 27.9 Å². The predicted molar refractivity (Wildman–Crippen MR) is 104 cm³/mol. The summed E-state index contributed by atoms with van der Waals surface area (Å²) in [6.07, 6.45) is 6.52. The van der Waals surface area contributed by atoms with Gasteiger partial charge in [-0.2, -0.15) is 4.31 Å². The highest BCUT2D eigenvalue weighted by Crippen LogP contribution is 2.20. The first-order valence-electron chi connectivity index (χ1n) is 9.16. The monoisotopic (exact) mass is 410 g/mol. The molecule has 1 aliphatic rings. The number of carbonyl (C=O) groups excluding carboxylic acids is 2. The minimum Gasteiger partial charge on any atom is -0.467 e. The van der Waals surface area contributed by atoms with E-state index < -0.39 is 34.5 Å².